The largest absolute Gasteiger partial charge is 0.480 e. The van der Waals surface area contributed by atoms with Gasteiger partial charge in [-0.25, -0.2) is 4.79 Å². The van der Waals surface area contributed by atoms with Crippen LogP contribution in [0.1, 0.15) is 19.8 Å². The minimum Gasteiger partial charge on any atom is -0.480 e. The molecule has 0 saturated heterocycles. The smallest absolute Gasteiger partial charge is 0.326 e. The summed E-state index contributed by atoms with van der Waals surface area (Å²) in [5, 5.41) is 21.3. The number of carboxylic acids is 1. The third kappa shape index (κ3) is 6.05. The summed E-state index contributed by atoms with van der Waals surface area (Å²) in [4.78, 5) is 10.6. The highest BCUT2D eigenvalue weighted by Crippen LogP contribution is 1.96. The lowest BCUT2D eigenvalue weighted by molar-refractivity contribution is -0.139. The van der Waals surface area contributed by atoms with Crippen molar-refractivity contribution in [3.8, 4) is 0 Å². The first-order valence-electron chi connectivity index (χ1n) is 4.46. The fraction of sp³-hybridized carbons (Fsp3) is 0.556. The number of nitrogens with one attached hydrogen (secondary N) is 3. The predicted molar refractivity (Wildman–Crippen MR) is 55.4 cm³/mol. The molecule has 4 N–H and O–H groups in total. The van der Waals surface area contributed by atoms with Gasteiger partial charge in [-0.15, -0.1) is 0 Å². The SMILES string of the molecule is C=CNC(CCCNC(C)=N)C(=O)O. The Balaban J connectivity index is 3.66. The van der Waals surface area contributed by atoms with Crippen molar-refractivity contribution < 1.29 is 9.90 Å². The lowest BCUT2D eigenvalue weighted by Crippen LogP contribution is -2.34. The lowest BCUT2D eigenvalue weighted by Gasteiger charge is -2.12. The molecule has 0 aromatic carbocycles. The molecule has 0 heterocycles. The zero-order valence-electron chi connectivity index (χ0n) is 8.34. The van der Waals surface area contributed by atoms with Gasteiger partial charge in [0.1, 0.15) is 6.04 Å². The van der Waals surface area contributed by atoms with Crippen LogP contribution in [0.4, 0.5) is 0 Å². The molecule has 0 aliphatic rings. The van der Waals surface area contributed by atoms with Crippen LogP contribution in [-0.2, 0) is 4.79 Å². The molecule has 0 aromatic rings. The van der Waals surface area contributed by atoms with E-state index in [0.29, 0.717) is 25.2 Å². The quantitative estimate of drug-likeness (QED) is 0.274. The fourth-order valence-electron chi connectivity index (χ4n) is 1.00. The normalized spacial score (nSPS) is 11.5. The highest BCUT2D eigenvalue weighted by molar-refractivity contribution is 5.76. The molecule has 14 heavy (non-hydrogen) atoms. The minimum absolute atomic E-state index is 0.397. The van der Waals surface area contributed by atoms with E-state index in [1.54, 1.807) is 6.92 Å². The first-order valence-corrected chi connectivity index (χ1v) is 4.46. The molecule has 80 valence electrons. The van der Waals surface area contributed by atoms with Gasteiger partial charge in [0.25, 0.3) is 0 Å². The molecule has 5 nitrogen and oxygen atoms in total. The van der Waals surface area contributed by atoms with Gasteiger partial charge in [0.15, 0.2) is 0 Å². The van der Waals surface area contributed by atoms with E-state index in [0.717, 1.165) is 0 Å². The maximum Gasteiger partial charge on any atom is 0.326 e. The van der Waals surface area contributed by atoms with E-state index in [2.05, 4.69) is 17.2 Å². The fourth-order valence-corrected chi connectivity index (χ4v) is 1.00. The van der Waals surface area contributed by atoms with Crippen molar-refractivity contribution in [3.63, 3.8) is 0 Å². The topological polar surface area (TPSA) is 85.2 Å². The number of carboxylic acid groups (broad SMARTS) is 1. The summed E-state index contributed by atoms with van der Waals surface area (Å²) >= 11 is 0. The van der Waals surface area contributed by atoms with Crippen LogP contribution in [-0.4, -0.2) is 29.5 Å². The number of amidine groups is 1. The summed E-state index contributed by atoms with van der Waals surface area (Å²) < 4.78 is 0. The molecule has 0 spiro atoms. The molecule has 1 atom stereocenters. The molecular weight excluding hydrogens is 182 g/mol. The summed E-state index contributed by atoms with van der Waals surface area (Å²) in [5.74, 6) is -0.481. The molecule has 0 saturated carbocycles. The Morgan fingerprint density at radius 1 is 1.71 bits per heavy atom. The molecule has 1 unspecified atom stereocenters. The van der Waals surface area contributed by atoms with Crippen LogP contribution in [0.2, 0.25) is 0 Å². The van der Waals surface area contributed by atoms with Crippen molar-refractivity contribution in [1.82, 2.24) is 10.6 Å². The Morgan fingerprint density at radius 3 is 2.79 bits per heavy atom. The Labute approximate surface area is 83.7 Å². The van der Waals surface area contributed by atoms with E-state index >= 15 is 0 Å². The third-order valence-electron chi connectivity index (χ3n) is 1.68. The van der Waals surface area contributed by atoms with E-state index in [4.69, 9.17) is 10.5 Å². The average Bonchev–Trinajstić information content (AvgIpc) is 2.09. The van der Waals surface area contributed by atoms with Crippen LogP contribution >= 0.6 is 0 Å². The summed E-state index contributed by atoms with van der Waals surface area (Å²) in [6.07, 6.45) is 2.60. The number of rotatable bonds is 7. The Morgan fingerprint density at radius 2 is 2.36 bits per heavy atom. The van der Waals surface area contributed by atoms with E-state index in [1.165, 1.54) is 6.20 Å². The average molecular weight is 199 g/mol. The molecule has 0 aliphatic carbocycles. The number of aliphatic carboxylic acids is 1. The summed E-state index contributed by atoms with van der Waals surface area (Å²) in [5.41, 5.74) is 0. The second-order valence-electron chi connectivity index (χ2n) is 2.96. The van der Waals surface area contributed by atoms with Crippen molar-refractivity contribution in [2.24, 2.45) is 0 Å². The first-order chi connectivity index (χ1) is 6.57. The van der Waals surface area contributed by atoms with Gasteiger partial charge in [-0.1, -0.05) is 6.58 Å². The Kier molecular flexibility index (Phi) is 6.19. The van der Waals surface area contributed by atoms with Gasteiger partial charge in [0.05, 0.1) is 5.84 Å². The summed E-state index contributed by atoms with van der Waals surface area (Å²) in [7, 11) is 0. The number of carbonyl (C=O) groups is 1. The molecule has 0 fully saturated rings. The summed E-state index contributed by atoms with van der Waals surface area (Å²) in [6, 6.07) is -0.583. The van der Waals surface area contributed by atoms with Crippen LogP contribution in [0, 0.1) is 5.41 Å². The highest BCUT2D eigenvalue weighted by Gasteiger charge is 2.13. The number of hydrogen-bond donors (Lipinski definition) is 4. The molecular formula is C9H17N3O2. The number of hydrogen-bond acceptors (Lipinski definition) is 3. The highest BCUT2D eigenvalue weighted by atomic mass is 16.4. The Bertz CT molecular complexity index is 216. The monoisotopic (exact) mass is 199 g/mol. The van der Waals surface area contributed by atoms with Crippen LogP contribution in [0.25, 0.3) is 0 Å². The van der Waals surface area contributed by atoms with Crippen LogP contribution in [0.3, 0.4) is 0 Å². The maximum absolute atomic E-state index is 10.6. The zero-order valence-corrected chi connectivity index (χ0v) is 8.34. The van der Waals surface area contributed by atoms with Gasteiger partial charge in [-0.2, -0.15) is 0 Å². The molecule has 0 rings (SSSR count). The summed E-state index contributed by atoms with van der Waals surface area (Å²) in [6.45, 7) is 5.69. The molecule has 0 bridgehead atoms. The van der Waals surface area contributed by atoms with Crippen LogP contribution in [0.5, 0.6) is 0 Å². The molecule has 0 radical (unpaired) electrons. The Hall–Kier alpha value is -1.52. The van der Waals surface area contributed by atoms with Crippen molar-refractivity contribution in [3.05, 3.63) is 12.8 Å². The van der Waals surface area contributed by atoms with Crippen molar-refractivity contribution in [2.45, 2.75) is 25.8 Å². The molecule has 0 amide bonds. The lowest BCUT2D eigenvalue weighted by atomic mass is 10.1. The minimum atomic E-state index is -0.878. The van der Waals surface area contributed by atoms with Gasteiger partial charge < -0.3 is 15.7 Å². The van der Waals surface area contributed by atoms with Crippen molar-refractivity contribution in [2.75, 3.05) is 6.54 Å². The molecule has 0 aromatic heterocycles. The van der Waals surface area contributed by atoms with Gasteiger partial charge >= 0.3 is 5.97 Å². The van der Waals surface area contributed by atoms with Crippen molar-refractivity contribution in [1.29, 1.82) is 5.41 Å². The maximum atomic E-state index is 10.6. The third-order valence-corrected chi connectivity index (χ3v) is 1.68. The van der Waals surface area contributed by atoms with E-state index in [9.17, 15) is 4.79 Å². The standard InChI is InChI=1S/C9H17N3O2/c1-3-11-8(9(13)14)5-4-6-12-7(2)10/h3,8,11H,1,4-6H2,2H3,(H2,10,12)(H,13,14). The van der Waals surface area contributed by atoms with Crippen LogP contribution < -0.4 is 10.6 Å². The van der Waals surface area contributed by atoms with E-state index < -0.39 is 12.0 Å². The van der Waals surface area contributed by atoms with Gasteiger partial charge in [-0.3, -0.25) is 5.41 Å². The first kappa shape index (κ1) is 12.5. The van der Waals surface area contributed by atoms with Gasteiger partial charge in [0.2, 0.25) is 0 Å². The van der Waals surface area contributed by atoms with E-state index in [-0.39, 0.29) is 0 Å². The van der Waals surface area contributed by atoms with Gasteiger partial charge in [0, 0.05) is 6.54 Å². The van der Waals surface area contributed by atoms with E-state index in [1.807, 2.05) is 0 Å². The van der Waals surface area contributed by atoms with Crippen molar-refractivity contribution >= 4 is 11.8 Å². The second-order valence-corrected chi connectivity index (χ2v) is 2.96. The molecule has 0 aliphatic heterocycles. The zero-order chi connectivity index (χ0) is 11.0. The van der Waals surface area contributed by atoms with Crippen LogP contribution in [0.15, 0.2) is 12.8 Å². The van der Waals surface area contributed by atoms with Gasteiger partial charge in [-0.05, 0) is 26.0 Å². The second kappa shape index (κ2) is 6.94. The predicted octanol–water partition coefficient (Wildman–Crippen LogP) is 0.540. The molecule has 5 heteroatoms.